The number of carbonyl (C=O) groups is 3. The second-order valence-corrected chi connectivity index (χ2v) is 6.84. The van der Waals surface area contributed by atoms with Gasteiger partial charge in [-0.25, -0.2) is 4.79 Å². The molecule has 2 saturated carbocycles. The van der Waals surface area contributed by atoms with E-state index >= 15 is 0 Å². The Morgan fingerprint density at radius 2 is 1.59 bits per heavy atom. The third kappa shape index (κ3) is 2.76. The molecule has 0 aromatic rings. The maximum absolute atomic E-state index is 14.2. The number of hydrogen-bond donors (Lipinski definition) is 0. The van der Waals surface area contributed by atoms with Gasteiger partial charge < -0.3 is 9.47 Å². The summed E-state index contributed by atoms with van der Waals surface area (Å²) in [5.41, 5.74) is -2.46. The van der Waals surface area contributed by atoms with Gasteiger partial charge in [0, 0.05) is 5.92 Å². The van der Waals surface area contributed by atoms with Gasteiger partial charge in [0.25, 0.3) is 6.10 Å². The van der Waals surface area contributed by atoms with Gasteiger partial charge in [-0.3, -0.25) is 9.59 Å². The second-order valence-electron chi connectivity index (χ2n) is 6.84. The van der Waals surface area contributed by atoms with Gasteiger partial charge in [0.15, 0.2) is 0 Å². The Balaban J connectivity index is 1.87. The van der Waals surface area contributed by atoms with E-state index in [0.717, 1.165) is 0 Å². The zero-order valence-corrected chi connectivity index (χ0v) is 13.0. The number of Topliss-reactive ketones (excluding diaryl/α,β-unsaturated/α-hetero) is 1. The number of ether oxygens (including phenoxy) is 2. The monoisotopic (exact) mass is 410 g/mol. The summed E-state index contributed by atoms with van der Waals surface area (Å²) in [7, 11) is 0. The molecule has 4 unspecified atom stereocenters. The molecule has 5 nitrogen and oxygen atoms in total. The molecule has 152 valence electrons. The van der Waals surface area contributed by atoms with E-state index in [0.29, 0.717) is 6.42 Å². The molecule has 0 amide bonds. The number of hydrogen-bond acceptors (Lipinski definition) is 5. The highest BCUT2D eigenvalue weighted by atomic mass is 19.4. The molecule has 0 N–H and O–H groups in total. The van der Waals surface area contributed by atoms with Crippen molar-refractivity contribution < 1.29 is 59.0 Å². The second kappa shape index (κ2) is 5.53. The molecule has 1 saturated heterocycles. The molecule has 0 spiro atoms. The van der Waals surface area contributed by atoms with Crippen LogP contribution in [0.15, 0.2) is 0 Å². The summed E-state index contributed by atoms with van der Waals surface area (Å²) in [5.74, 6) is -13.8. The van der Waals surface area contributed by atoms with Gasteiger partial charge in [-0.05, 0) is 25.2 Å². The number of alkyl halides is 8. The molecular formula is C14H10F8O5. The summed E-state index contributed by atoms with van der Waals surface area (Å²) in [5, 5.41) is 0. The minimum atomic E-state index is -6.23. The highest BCUT2D eigenvalue weighted by molar-refractivity contribution is 6.17. The van der Waals surface area contributed by atoms with Crippen LogP contribution in [-0.2, 0) is 23.9 Å². The Morgan fingerprint density at radius 3 is 2.07 bits per heavy atom. The van der Waals surface area contributed by atoms with Gasteiger partial charge in [0.05, 0.1) is 0 Å². The van der Waals surface area contributed by atoms with Crippen molar-refractivity contribution in [3.63, 3.8) is 0 Å². The van der Waals surface area contributed by atoms with Gasteiger partial charge in [0.1, 0.15) is 11.5 Å². The molecule has 3 fully saturated rings. The molecule has 1 aliphatic heterocycles. The molecule has 0 aromatic heterocycles. The van der Waals surface area contributed by atoms with E-state index in [1.165, 1.54) is 0 Å². The van der Waals surface area contributed by atoms with E-state index in [9.17, 15) is 49.5 Å². The number of carbonyl (C=O) groups excluding carboxylic acids is 3. The fourth-order valence-electron chi connectivity index (χ4n) is 4.23. The summed E-state index contributed by atoms with van der Waals surface area (Å²) in [6.07, 6.45) is -18.1. The molecule has 13 heteroatoms. The first kappa shape index (κ1) is 19.8. The van der Waals surface area contributed by atoms with Crippen molar-refractivity contribution in [1.82, 2.24) is 0 Å². The van der Waals surface area contributed by atoms with Crippen LogP contribution < -0.4 is 0 Å². The van der Waals surface area contributed by atoms with E-state index in [4.69, 9.17) is 4.74 Å². The fraction of sp³-hybridized carbons (Fsp3) is 0.786. The Labute approximate surface area is 145 Å². The van der Waals surface area contributed by atoms with E-state index in [1.807, 2.05) is 0 Å². The summed E-state index contributed by atoms with van der Waals surface area (Å²) >= 11 is 0. The zero-order chi connectivity index (χ0) is 20.6. The smallest absolute Gasteiger partial charge is 0.434 e. The Morgan fingerprint density at radius 1 is 1.04 bits per heavy atom. The van der Waals surface area contributed by atoms with Crippen molar-refractivity contribution in [3.8, 4) is 0 Å². The first-order valence-electron chi connectivity index (χ1n) is 7.60. The minimum Gasteiger partial charge on any atom is -0.461 e. The Bertz CT molecular complexity index is 685. The van der Waals surface area contributed by atoms with Crippen LogP contribution in [0.5, 0.6) is 0 Å². The highest BCUT2D eigenvalue weighted by Crippen LogP contribution is 2.63. The van der Waals surface area contributed by atoms with Gasteiger partial charge in [0.2, 0.25) is 5.78 Å². The molecular weight excluding hydrogens is 400 g/mol. The summed E-state index contributed by atoms with van der Waals surface area (Å²) in [6, 6.07) is 0. The van der Waals surface area contributed by atoms with Crippen LogP contribution >= 0.6 is 0 Å². The van der Waals surface area contributed by atoms with Crippen molar-refractivity contribution in [2.45, 2.75) is 49.7 Å². The number of fused-ring (bicyclic) bond motifs is 1. The Kier molecular flexibility index (Phi) is 4.06. The number of halogens is 8. The molecule has 2 bridgehead atoms. The van der Waals surface area contributed by atoms with Gasteiger partial charge in [-0.1, -0.05) is 0 Å². The summed E-state index contributed by atoms with van der Waals surface area (Å²) < 4.78 is 111. The third-order valence-electron chi connectivity index (χ3n) is 5.23. The lowest BCUT2D eigenvalue weighted by molar-refractivity contribution is -0.317. The van der Waals surface area contributed by atoms with E-state index in [2.05, 4.69) is 4.74 Å². The molecule has 0 radical (unpaired) electrons. The van der Waals surface area contributed by atoms with Gasteiger partial charge >= 0.3 is 30.2 Å². The van der Waals surface area contributed by atoms with Crippen LogP contribution in [0.4, 0.5) is 35.1 Å². The predicted molar refractivity (Wildman–Crippen MR) is 65.1 cm³/mol. The van der Waals surface area contributed by atoms with E-state index < -0.39 is 66.0 Å². The lowest BCUT2D eigenvalue weighted by atomic mass is 9.69. The number of ketones is 1. The minimum absolute atomic E-state index is 0.154. The van der Waals surface area contributed by atoms with Crippen LogP contribution in [0, 0.1) is 17.3 Å². The largest absolute Gasteiger partial charge is 0.461 e. The third-order valence-corrected chi connectivity index (χ3v) is 5.23. The average Bonchev–Trinajstić information content (AvgIpc) is 3.09. The lowest BCUT2D eigenvalue weighted by Gasteiger charge is -2.30. The average molecular weight is 410 g/mol. The van der Waals surface area contributed by atoms with Crippen LogP contribution in [-0.4, -0.2) is 48.2 Å². The topological polar surface area (TPSA) is 69.7 Å². The quantitative estimate of drug-likeness (QED) is 0.405. The van der Waals surface area contributed by atoms with E-state index in [-0.39, 0.29) is 12.3 Å². The first-order valence-corrected chi connectivity index (χ1v) is 7.60. The molecule has 4 atom stereocenters. The Hall–Kier alpha value is -1.95. The van der Waals surface area contributed by atoms with Crippen molar-refractivity contribution in [1.29, 1.82) is 0 Å². The number of rotatable bonds is 4. The van der Waals surface area contributed by atoms with Crippen molar-refractivity contribution >= 4 is 17.7 Å². The lowest BCUT2D eigenvalue weighted by Crippen LogP contribution is -2.55. The SMILES string of the molecule is O=C(OC(C(F)(F)F)C(F)(F)F)C(F)(F)C(=O)C12CC3CC(OC1=O)C2C3. The predicted octanol–water partition coefficient (Wildman–Crippen LogP) is 2.57. The summed E-state index contributed by atoms with van der Waals surface area (Å²) in [6.45, 7) is 0. The molecule has 27 heavy (non-hydrogen) atoms. The standard InChI is InChI=1S/C14H10F8O5/c15-12(16,10(25)27-8(13(17,18)19)14(20,21)22)7(23)11-3-4-1-5(11)6(2-4)26-9(11)24/h4-6,8H,1-3H2. The van der Waals surface area contributed by atoms with Gasteiger partial charge in [-0.2, -0.15) is 35.1 Å². The molecule has 2 aliphatic carbocycles. The van der Waals surface area contributed by atoms with Crippen LogP contribution in [0.3, 0.4) is 0 Å². The van der Waals surface area contributed by atoms with Crippen molar-refractivity contribution in [2.75, 3.05) is 0 Å². The zero-order valence-electron chi connectivity index (χ0n) is 13.0. The van der Waals surface area contributed by atoms with Crippen molar-refractivity contribution in [3.05, 3.63) is 0 Å². The first-order chi connectivity index (χ1) is 12.1. The molecule has 3 rings (SSSR count). The number of esters is 2. The van der Waals surface area contributed by atoms with Crippen LogP contribution in [0.2, 0.25) is 0 Å². The maximum atomic E-state index is 14.2. The maximum Gasteiger partial charge on any atom is 0.434 e. The molecule has 0 aromatic carbocycles. The van der Waals surface area contributed by atoms with Crippen LogP contribution in [0.1, 0.15) is 19.3 Å². The normalized spacial score (nSPS) is 32.8. The molecule has 1 heterocycles. The summed E-state index contributed by atoms with van der Waals surface area (Å²) in [4.78, 5) is 35.6. The van der Waals surface area contributed by atoms with E-state index in [1.54, 1.807) is 0 Å². The van der Waals surface area contributed by atoms with Crippen molar-refractivity contribution in [2.24, 2.45) is 17.3 Å². The fourth-order valence-corrected chi connectivity index (χ4v) is 4.23. The van der Waals surface area contributed by atoms with Gasteiger partial charge in [-0.15, -0.1) is 0 Å². The highest BCUT2D eigenvalue weighted by Gasteiger charge is 2.75. The van der Waals surface area contributed by atoms with Crippen LogP contribution in [0.25, 0.3) is 0 Å². The molecule has 3 aliphatic rings.